The molecule has 0 fully saturated rings. The van der Waals surface area contributed by atoms with E-state index in [0.717, 1.165) is 0 Å². The van der Waals surface area contributed by atoms with E-state index in [1.165, 1.54) is 35.4 Å². The van der Waals surface area contributed by atoms with Crippen molar-refractivity contribution in [1.82, 2.24) is 20.2 Å². The third-order valence-corrected chi connectivity index (χ3v) is 2.45. The lowest BCUT2D eigenvalue weighted by molar-refractivity contribution is -0.384. The third kappa shape index (κ3) is 3.25. The fraction of sp³-hybridized carbons (Fsp3) is 0.200. The first-order valence-electron chi connectivity index (χ1n) is 5.47. The Kier molecular flexibility index (Phi) is 3.84. The molecule has 0 saturated carbocycles. The molecule has 2 rings (SSSR count). The number of hydrogen-bond acceptors (Lipinski definition) is 7. The first-order valence-corrected chi connectivity index (χ1v) is 5.47. The number of nitrogens with zero attached hydrogens (tertiary/aromatic N) is 5. The average molecular weight is 278 g/mol. The lowest BCUT2D eigenvalue weighted by atomic mass is 10.1. The third-order valence-electron chi connectivity index (χ3n) is 2.45. The lowest BCUT2D eigenvalue weighted by Crippen LogP contribution is -2.22. The maximum Gasteiger partial charge on any atom is 0.405 e. The predicted molar refractivity (Wildman–Crippen MR) is 64.3 cm³/mol. The van der Waals surface area contributed by atoms with Gasteiger partial charge in [-0.15, -0.1) is 10.2 Å². The highest BCUT2D eigenvalue weighted by Crippen LogP contribution is 2.22. The second-order valence-electron chi connectivity index (χ2n) is 3.76. The van der Waals surface area contributed by atoms with Crippen LogP contribution in [0.5, 0.6) is 0 Å². The Morgan fingerprint density at radius 3 is 2.65 bits per heavy atom. The maximum atomic E-state index is 10.9. The minimum atomic E-state index is -0.964. The van der Waals surface area contributed by atoms with Crippen molar-refractivity contribution < 1.29 is 14.5 Å². The summed E-state index contributed by atoms with van der Waals surface area (Å²) < 4.78 is 4.95. The highest BCUT2D eigenvalue weighted by molar-refractivity contribution is 5.65. The topological polar surface area (TPSA) is 139 Å². The molecular formula is C10H10N6O4. The van der Waals surface area contributed by atoms with Gasteiger partial charge in [0.15, 0.2) is 12.4 Å². The van der Waals surface area contributed by atoms with Gasteiger partial charge in [0.1, 0.15) is 6.54 Å². The molecule has 2 N–H and O–H groups in total. The molecule has 0 radical (unpaired) electrons. The summed E-state index contributed by atoms with van der Waals surface area (Å²) in [7, 11) is 0. The molecule has 1 aromatic heterocycles. The Hall–Kier alpha value is -3.04. The van der Waals surface area contributed by atoms with E-state index in [1.54, 1.807) is 0 Å². The smallest absolute Gasteiger partial charge is 0.405 e. The van der Waals surface area contributed by atoms with Crippen molar-refractivity contribution in [2.24, 2.45) is 5.73 Å². The number of hydrogen-bond donors (Lipinski definition) is 1. The quantitative estimate of drug-likeness (QED) is 0.617. The number of nitrogens with two attached hydrogens (primary N) is 1. The minimum Gasteiger partial charge on any atom is -0.439 e. The number of ether oxygens (including phenoxy) is 1. The Balaban J connectivity index is 2.21. The molecule has 1 unspecified atom stereocenters. The average Bonchev–Trinajstić information content (AvgIpc) is 2.90. The summed E-state index contributed by atoms with van der Waals surface area (Å²) >= 11 is 0. The molecule has 1 heterocycles. The lowest BCUT2D eigenvalue weighted by Gasteiger charge is -2.15. The molecule has 1 aromatic carbocycles. The first kappa shape index (κ1) is 13.4. The summed E-state index contributed by atoms with van der Waals surface area (Å²) in [6.07, 6.45) is -0.493. The van der Waals surface area contributed by atoms with Gasteiger partial charge in [-0.25, -0.2) is 4.79 Å². The Labute approximate surface area is 112 Å². The van der Waals surface area contributed by atoms with Crippen LogP contribution in [0.4, 0.5) is 10.5 Å². The van der Waals surface area contributed by atoms with Gasteiger partial charge in [-0.05, 0) is 22.9 Å². The Morgan fingerprint density at radius 1 is 1.45 bits per heavy atom. The summed E-state index contributed by atoms with van der Waals surface area (Å²) in [6.45, 7) is 0.0980. The van der Waals surface area contributed by atoms with Crippen LogP contribution >= 0.6 is 0 Å². The number of carbonyl (C=O) groups is 1. The summed E-state index contributed by atoms with van der Waals surface area (Å²) in [4.78, 5) is 22.2. The number of benzene rings is 1. The van der Waals surface area contributed by atoms with Crippen LogP contribution in [0.3, 0.4) is 0 Å². The highest BCUT2D eigenvalue weighted by Gasteiger charge is 2.18. The van der Waals surface area contributed by atoms with Gasteiger partial charge in [0.2, 0.25) is 0 Å². The van der Waals surface area contributed by atoms with Crippen LogP contribution in [0.2, 0.25) is 0 Å². The second-order valence-corrected chi connectivity index (χ2v) is 3.76. The van der Waals surface area contributed by atoms with Crippen LogP contribution in [0.25, 0.3) is 0 Å². The molecular weight excluding hydrogens is 268 g/mol. The van der Waals surface area contributed by atoms with Gasteiger partial charge in [0.05, 0.1) is 4.92 Å². The second kappa shape index (κ2) is 5.73. The Morgan fingerprint density at radius 2 is 2.15 bits per heavy atom. The van der Waals surface area contributed by atoms with Crippen LogP contribution in [0, 0.1) is 10.1 Å². The minimum absolute atomic E-state index is 0.0644. The fourth-order valence-electron chi connectivity index (χ4n) is 1.58. The van der Waals surface area contributed by atoms with Gasteiger partial charge in [-0.2, -0.15) is 4.80 Å². The van der Waals surface area contributed by atoms with Gasteiger partial charge in [-0.1, -0.05) is 0 Å². The molecule has 0 saturated heterocycles. The Bertz CT molecular complexity index is 597. The number of nitro benzene ring substituents is 1. The molecule has 0 aliphatic heterocycles. The van der Waals surface area contributed by atoms with Crippen molar-refractivity contribution in [1.29, 1.82) is 0 Å². The standard InChI is InChI=1S/C10H10N6O4/c11-10(17)20-9(5-15-13-6-12-14-15)7-1-3-8(4-2-7)16(18)19/h1-4,6,9H,5H2,(H2,11,17). The number of rotatable bonds is 5. The number of carbonyl (C=O) groups excluding carboxylic acids is 1. The van der Waals surface area contributed by atoms with Gasteiger partial charge in [0, 0.05) is 12.1 Å². The van der Waals surface area contributed by atoms with Crippen LogP contribution in [-0.4, -0.2) is 31.2 Å². The van der Waals surface area contributed by atoms with Gasteiger partial charge >= 0.3 is 6.09 Å². The molecule has 2 aromatic rings. The molecule has 1 amide bonds. The predicted octanol–water partition coefficient (Wildman–Crippen LogP) is 0.418. The number of aromatic nitrogens is 4. The number of tetrazole rings is 1. The summed E-state index contributed by atoms with van der Waals surface area (Å²) in [6, 6.07) is 5.56. The van der Waals surface area contributed by atoms with E-state index in [2.05, 4.69) is 15.4 Å². The van der Waals surface area contributed by atoms with Crippen LogP contribution < -0.4 is 5.73 Å². The van der Waals surface area contributed by atoms with Crippen molar-refractivity contribution in [3.63, 3.8) is 0 Å². The van der Waals surface area contributed by atoms with E-state index in [9.17, 15) is 14.9 Å². The van der Waals surface area contributed by atoms with Crippen LogP contribution in [0.15, 0.2) is 30.6 Å². The van der Waals surface area contributed by atoms with E-state index < -0.39 is 17.1 Å². The van der Waals surface area contributed by atoms with Gasteiger partial charge < -0.3 is 10.5 Å². The molecule has 10 nitrogen and oxygen atoms in total. The van der Waals surface area contributed by atoms with Gasteiger partial charge in [0.25, 0.3) is 5.69 Å². The first-order chi connectivity index (χ1) is 9.56. The molecule has 0 aliphatic carbocycles. The van der Waals surface area contributed by atoms with Crippen LogP contribution in [0.1, 0.15) is 11.7 Å². The molecule has 10 heteroatoms. The number of nitro groups is 1. The normalized spacial score (nSPS) is 11.8. The maximum absolute atomic E-state index is 10.9. The fourth-order valence-corrected chi connectivity index (χ4v) is 1.58. The van der Waals surface area contributed by atoms with Crippen molar-refractivity contribution in [2.75, 3.05) is 0 Å². The molecule has 0 bridgehead atoms. The number of non-ortho nitro benzene ring substituents is 1. The van der Waals surface area contributed by atoms with E-state index in [4.69, 9.17) is 10.5 Å². The van der Waals surface area contributed by atoms with Crippen molar-refractivity contribution >= 4 is 11.8 Å². The van der Waals surface area contributed by atoms with Crippen LogP contribution in [-0.2, 0) is 11.3 Å². The van der Waals surface area contributed by atoms with E-state index >= 15 is 0 Å². The molecule has 1 atom stereocenters. The largest absolute Gasteiger partial charge is 0.439 e. The molecule has 104 valence electrons. The van der Waals surface area contributed by atoms with E-state index in [1.807, 2.05) is 0 Å². The molecule has 20 heavy (non-hydrogen) atoms. The summed E-state index contributed by atoms with van der Waals surface area (Å²) in [5.41, 5.74) is 5.47. The van der Waals surface area contributed by atoms with Gasteiger partial charge in [-0.3, -0.25) is 10.1 Å². The summed E-state index contributed by atoms with van der Waals surface area (Å²) in [5, 5.41) is 21.5. The van der Waals surface area contributed by atoms with E-state index in [-0.39, 0.29) is 12.2 Å². The van der Waals surface area contributed by atoms with E-state index in [0.29, 0.717) is 5.56 Å². The highest BCUT2D eigenvalue weighted by atomic mass is 16.6. The zero-order valence-electron chi connectivity index (χ0n) is 10.1. The SMILES string of the molecule is NC(=O)OC(Cn1ncnn1)c1ccc([N+](=O)[O-])cc1. The zero-order valence-corrected chi connectivity index (χ0v) is 10.1. The molecule has 0 aliphatic rings. The monoisotopic (exact) mass is 278 g/mol. The summed E-state index contributed by atoms with van der Waals surface area (Å²) in [5.74, 6) is 0. The van der Waals surface area contributed by atoms with Crippen molar-refractivity contribution in [3.05, 3.63) is 46.3 Å². The van der Waals surface area contributed by atoms with Crippen molar-refractivity contribution in [2.45, 2.75) is 12.6 Å². The number of amides is 1. The molecule has 0 spiro atoms. The zero-order chi connectivity index (χ0) is 14.5. The van der Waals surface area contributed by atoms with Crippen molar-refractivity contribution in [3.8, 4) is 0 Å². The number of primary amides is 1.